The molecule has 1 aliphatic rings. The molecular weight excluding hydrogens is 150 g/mol. The number of hydrogen-bond donors (Lipinski definition) is 1. The lowest BCUT2D eigenvalue weighted by molar-refractivity contribution is 0.181. The van der Waals surface area contributed by atoms with E-state index in [0.29, 0.717) is 6.04 Å². The summed E-state index contributed by atoms with van der Waals surface area (Å²) in [4.78, 5) is 0. The van der Waals surface area contributed by atoms with Crippen molar-refractivity contribution in [2.24, 2.45) is 5.92 Å². The van der Waals surface area contributed by atoms with Crippen LogP contribution in [0.2, 0.25) is 0 Å². The molecule has 0 aromatic heterocycles. The lowest BCUT2D eigenvalue weighted by Gasteiger charge is -2.18. The number of rotatable bonds is 5. The highest BCUT2D eigenvalue weighted by molar-refractivity contribution is 4.72. The highest BCUT2D eigenvalue weighted by Crippen LogP contribution is 2.19. The predicted molar refractivity (Wildman–Crippen MR) is 51.3 cm³/mol. The molecule has 1 fully saturated rings. The van der Waals surface area contributed by atoms with E-state index >= 15 is 0 Å². The summed E-state index contributed by atoms with van der Waals surface area (Å²) in [5.41, 5.74) is 0. The van der Waals surface area contributed by atoms with Crippen molar-refractivity contribution in [1.82, 2.24) is 5.32 Å². The van der Waals surface area contributed by atoms with E-state index in [4.69, 9.17) is 4.74 Å². The highest BCUT2D eigenvalue weighted by atomic mass is 16.5. The monoisotopic (exact) mass is 171 g/mol. The molecule has 1 saturated heterocycles. The van der Waals surface area contributed by atoms with Crippen LogP contribution in [0.3, 0.4) is 0 Å². The zero-order chi connectivity index (χ0) is 8.81. The lowest BCUT2D eigenvalue weighted by atomic mass is 9.97. The van der Waals surface area contributed by atoms with E-state index in [1.165, 1.54) is 25.7 Å². The molecule has 1 rings (SSSR count). The van der Waals surface area contributed by atoms with Crippen LogP contribution in [0.5, 0.6) is 0 Å². The first-order valence-electron chi connectivity index (χ1n) is 5.11. The van der Waals surface area contributed by atoms with E-state index in [-0.39, 0.29) is 0 Å². The molecule has 2 heteroatoms. The summed E-state index contributed by atoms with van der Waals surface area (Å²) in [6.45, 7) is 4.21. The van der Waals surface area contributed by atoms with Gasteiger partial charge in [-0.05, 0) is 32.2 Å². The van der Waals surface area contributed by atoms with Crippen molar-refractivity contribution in [2.75, 3.05) is 20.3 Å². The topological polar surface area (TPSA) is 21.3 Å². The maximum atomic E-state index is 5.35. The van der Waals surface area contributed by atoms with Crippen LogP contribution in [-0.2, 0) is 4.74 Å². The van der Waals surface area contributed by atoms with Gasteiger partial charge < -0.3 is 10.1 Å². The minimum absolute atomic E-state index is 0.710. The van der Waals surface area contributed by atoms with E-state index < -0.39 is 0 Å². The Bertz CT molecular complexity index is 110. The van der Waals surface area contributed by atoms with Crippen LogP contribution >= 0.6 is 0 Å². The molecule has 1 aliphatic heterocycles. The summed E-state index contributed by atoms with van der Waals surface area (Å²) in [5, 5.41) is 3.37. The number of ether oxygens (including phenoxy) is 1. The minimum Gasteiger partial charge on any atom is -0.381 e. The van der Waals surface area contributed by atoms with Gasteiger partial charge in [0.2, 0.25) is 0 Å². The summed E-state index contributed by atoms with van der Waals surface area (Å²) in [6.07, 6.45) is 5.14. The first-order chi connectivity index (χ1) is 5.86. The van der Waals surface area contributed by atoms with Crippen LogP contribution in [0.1, 0.15) is 32.6 Å². The molecule has 0 bridgehead atoms. The van der Waals surface area contributed by atoms with Gasteiger partial charge in [0.1, 0.15) is 0 Å². The smallest absolute Gasteiger partial charge is 0.0495 e. The van der Waals surface area contributed by atoms with Gasteiger partial charge in [0.25, 0.3) is 0 Å². The molecule has 1 heterocycles. The second-order valence-electron chi connectivity index (χ2n) is 3.74. The third-order valence-corrected chi connectivity index (χ3v) is 2.69. The average Bonchev–Trinajstić information content (AvgIpc) is 2.56. The number of nitrogens with one attached hydrogen (secondary N) is 1. The molecule has 2 unspecified atom stereocenters. The van der Waals surface area contributed by atoms with Crippen molar-refractivity contribution >= 4 is 0 Å². The normalized spacial score (nSPS) is 26.0. The zero-order valence-corrected chi connectivity index (χ0v) is 8.31. The van der Waals surface area contributed by atoms with Crippen LogP contribution < -0.4 is 5.32 Å². The molecule has 0 saturated carbocycles. The Kier molecular flexibility index (Phi) is 4.62. The van der Waals surface area contributed by atoms with Crippen LogP contribution in [-0.4, -0.2) is 26.3 Å². The van der Waals surface area contributed by atoms with Gasteiger partial charge in [-0.25, -0.2) is 0 Å². The van der Waals surface area contributed by atoms with E-state index in [1.807, 2.05) is 0 Å². The Hall–Kier alpha value is -0.0800. The van der Waals surface area contributed by atoms with Gasteiger partial charge in [0.05, 0.1) is 0 Å². The molecule has 1 N–H and O–H groups in total. The first-order valence-corrected chi connectivity index (χ1v) is 5.11. The van der Waals surface area contributed by atoms with Crippen molar-refractivity contribution in [3.63, 3.8) is 0 Å². The van der Waals surface area contributed by atoms with Crippen LogP contribution in [0, 0.1) is 5.92 Å². The predicted octanol–water partition coefficient (Wildman–Crippen LogP) is 1.80. The van der Waals surface area contributed by atoms with E-state index in [9.17, 15) is 0 Å². The van der Waals surface area contributed by atoms with E-state index in [1.54, 1.807) is 0 Å². The van der Waals surface area contributed by atoms with Crippen LogP contribution in [0.25, 0.3) is 0 Å². The summed E-state index contributed by atoms with van der Waals surface area (Å²) in [6, 6.07) is 0.710. The Balaban J connectivity index is 2.16. The molecule has 0 spiro atoms. The quantitative estimate of drug-likeness (QED) is 0.681. The maximum Gasteiger partial charge on any atom is 0.0495 e. The molecule has 0 aliphatic carbocycles. The highest BCUT2D eigenvalue weighted by Gasteiger charge is 2.18. The van der Waals surface area contributed by atoms with Gasteiger partial charge in [-0.1, -0.05) is 13.3 Å². The molecule has 12 heavy (non-hydrogen) atoms. The van der Waals surface area contributed by atoms with Crippen LogP contribution in [0.15, 0.2) is 0 Å². The van der Waals surface area contributed by atoms with E-state index in [2.05, 4.69) is 19.3 Å². The second kappa shape index (κ2) is 5.55. The molecule has 2 atom stereocenters. The van der Waals surface area contributed by atoms with Gasteiger partial charge in [0, 0.05) is 19.3 Å². The van der Waals surface area contributed by atoms with Gasteiger partial charge in [-0.15, -0.1) is 0 Å². The first kappa shape index (κ1) is 10.0. The van der Waals surface area contributed by atoms with Crippen molar-refractivity contribution in [1.29, 1.82) is 0 Å². The third-order valence-electron chi connectivity index (χ3n) is 2.69. The summed E-state index contributed by atoms with van der Waals surface area (Å²) >= 11 is 0. The van der Waals surface area contributed by atoms with E-state index in [0.717, 1.165) is 19.1 Å². The van der Waals surface area contributed by atoms with Crippen molar-refractivity contribution in [3.05, 3.63) is 0 Å². The van der Waals surface area contributed by atoms with Gasteiger partial charge >= 0.3 is 0 Å². The molecule has 72 valence electrons. The van der Waals surface area contributed by atoms with Crippen molar-refractivity contribution < 1.29 is 4.74 Å². The Labute approximate surface area is 75.7 Å². The molecule has 0 radical (unpaired) electrons. The Morgan fingerprint density at radius 2 is 2.42 bits per heavy atom. The molecule has 0 amide bonds. The third kappa shape index (κ3) is 3.11. The molecule has 0 aromatic carbocycles. The Morgan fingerprint density at radius 3 is 2.92 bits per heavy atom. The SMILES string of the molecule is CCCC(CC1CCOC1)NC. The average molecular weight is 171 g/mol. The Morgan fingerprint density at radius 1 is 1.58 bits per heavy atom. The molecular formula is C10H21NO. The minimum atomic E-state index is 0.710. The lowest BCUT2D eigenvalue weighted by Crippen LogP contribution is -2.27. The van der Waals surface area contributed by atoms with Crippen molar-refractivity contribution in [2.45, 2.75) is 38.6 Å². The maximum absolute atomic E-state index is 5.35. The van der Waals surface area contributed by atoms with Gasteiger partial charge in [-0.3, -0.25) is 0 Å². The summed E-state index contributed by atoms with van der Waals surface area (Å²) in [5.74, 6) is 0.814. The van der Waals surface area contributed by atoms with Crippen molar-refractivity contribution in [3.8, 4) is 0 Å². The fraction of sp³-hybridized carbons (Fsp3) is 1.00. The second-order valence-corrected chi connectivity index (χ2v) is 3.74. The largest absolute Gasteiger partial charge is 0.381 e. The standard InChI is InChI=1S/C10H21NO/c1-3-4-10(11-2)7-9-5-6-12-8-9/h9-11H,3-8H2,1-2H3. The summed E-state index contributed by atoms with van der Waals surface area (Å²) < 4.78 is 5.35. The van der Waals surface area contributed by atoms with Gasteiger partial charge in [-0.2, -0.15) is 0 Å². The zero-order valence-electron chi connectivity index (χ0n) is 8.31. The number of hydrogen-bond acceptors (Lipinski definition) is 2. The molecule has 0 aromatic rings. The molecule has 2 nitrogen and oxygen atoms in total. The fourth-order valence-corrected chi connectivity index (χ4v) is 1.90. The summed E-state index contributed by atoms with van der Waals surface area (Å²) in [7, 11) is 2.07. The van der Waals surface area contributed by atoms with Gasteiger partial charge in [0.15, 0.2) is 0 Å². The van der Waals surface area contributed by atoms with Crippen LogP contribution in [0.4, 0.5) is 0 Å². The fourth-order valence-electron chi connectivity index (χ4n) is 1.90.